The molecule has 8 nitrogen and oxygen atoms in total. The van der Waals surface area contributed by atoms with Crippen molar-refractivity contribution in [1.29, 1.82) is 0 Å². The van der Waals surface area contributed by atoms with Gasteiger partial charge in [-0.15, -0.1) is 0 Å². The zero-order chi connectivity index (χ0) is 21.0. The number of rotatable bonds is 7. The molecule has 2 aromatic carbocycles. The Hall–Kier alpha value is -3.55. The second-order valence-electron chi connectivity index (χ2n) is 6.64. The summed E-state index contributed by atoms with van der Waals surface area (Å²) in [5, 5.41) is 12.0. The normalized spacial score (nSPS) is 17.0. The van der Waals surface area contributed by atoms with E-state index in [2.05, 4.69) is 5.32 Å². The highest BCUT2D eigenvalue weighted by Crippen LogP contribution is 2.34. The Labute approximate surface area is 168 Å². The molecule has 2 aromatic rings. The van der Waals surface area contributed by atoms with E-state index in [1.165, 1.54) is 19.1 Å². The zero-order valence-electron chi connectivity index (χ0n) is 16.1. The van der Waals surface area contributed by atoms with E-state index >= 15 is 0 Å². The van der Waals surface area contributed by atoms with Crippen molar-refractivity contribution in [2.45, 2.75) is 12.5 Å². The molecule has 29 heavy (non-hydrogen) atoms. The predicted molar refractivity (Wildman–Crippen MR) is 105 cm³/mol. The largest absolute Gasteiger partial charge is 0.493 e. The first-order chi connectivity index (χ1) is 13.9. The van der Waals surface area contributed by atoms with Gasteiger partial charge in [-0.3, -0.25) is 9.59 Å². The number of anilines is 1. The second-order valence-corrected chi connectivity index (χ2v) is 6.64. The van der Waals surface area contributed by atoms with Gasteiger partial charge in [0.1, 0.15) is 0 Å². The molecular weight excluding hydrogens is 376 g/mol. The van der Waals surface area contributed by atoms with Crippen LogP contribution in [0, 0.1) is 5.92 Å². The van der Waals surface area contributed by atoms with Crippen LogP contribution in [0.25, 0.3) is 0 Å². The third kappa shape index (κ3) is 4.31. The molecule has 152 valence electrons. The summed E-state index contributed by atoms with van der Waals surface area (Å²) in [6.45, 7) is 0.154. The number of carbonyl (C=O) groups is 3. The van der Waals surface area contributed by atoms with Crippen LogP contribution in [-0.2, 0) is 14.4 Å². The Morgan fingerprint density at radius 3 is 2.41 bits per heavy atom. The third-order valence-corrected chi connectivity index (χ3v) is 4.84. The molecule has 2 N–H and O–H groups in total. The first kappa shape index (κ1) is 20.2. The molecular formula is C21H22N2O6. The molecule has 2 atom stereocenters. The topological polar surface area (TPSA) is 105 Å². The minimum atomic E-state index is -1.17. The maximum absolute atomic E-state index is 12.7. The van der Waals surface area contributed by atoms with E-state index < -0.39 is 23.8 Å². The minimum Gasteiger partial charge on any atom is -0.493 e. The molecule has 0 spiro atoms. The van der Waals surface area contributed by atoms with E-state index in [1.807, 2.05) is 0 Å². The minimum absolute atomic E-state index is 0.00130. The molecule has 3 rings (SSSR count). The fourth-order valence-corrected chi connectivity index (χ4v) is 3.32. The van der Waals surface area contributed by atoms with Crippen LogP contribution in [0.4, 0.5) is 5.69 Å². The third-order valence-electron chi connectivity index (χ3n) is 4.84. The molecule has 1 heterocycles. The van der Waals surface area contributed by atoms with E-state index in [1.54, 1.807) is 48.5 Å². The summed E-state index contributed by atoms with van der Waals surface area (Å²) in [6, 6.07) is 12.3. The smallest absolute Gasteiger partial charge is 0.330 e. The van der Waals surface area contributed by atoms with Gasteiger partial charge in [0.25, 0.3) is 0 Å². The van der Waals surface area contributed by atoms with Crippen LogP contribution in [-0.4, -0.2) is 43.7 Å². The number of ether oxygens (including phenoxy) is 2. The molecule has 1 unspecified atom stereocenters. The number of carbonyl (C=O) groups excluding carboxylic acids is 2. The maximum atomic E-state index is 12.7. The Morgan fingerprint density at radius 1 is 1.10 bits per heavy atom. The van der Waals surface area contributed by atoms with Gasteiger partial charge < -0.3 is 24.8 Å². The summed E-state index contributed by atoms with van der Waals surface area (Å²) < 4.78 is 10.5. The number of carboxylic acid groups (broad SMARTS) is 1. The van der Waals surface area contributed by atoms with Gasteiger partial charge >= 0.3 is 5.97 Å². The first-order valence-electron chi connectivity index (χ1n) is 9.05. The molecule has 0 saturated carbocycles. The molecule has 0 aromatic heterocycles. The number of methoxy groups -OCH3 is 2. The molecule has 8 heteroatoms. The highest BCUT2D eigenvalue weighted by atomic mass is 16.5. The standard InChI is InChI=1S/C21H22N2O6/c1-28-16-9-8-15(11-17(16)29-2)23-12-14(10-18(23)24)20(25)22-19(21(26)27)13-6-4-3-5-7-13/h3-9,11,14,19H,10,12H2,1-2H3,(H,22,25)(H,26,27)/t14?,19-/m1/s1. The Morgan fingerprint density at radius 2 is 1.79 bits per heavy atom. The van der Waals surface area contributed by atoms with Gasteiger partial charge in [-0.2, -0.15) is 0 Å². The monoisotopic (exact) mass is 398 g/mol. The van der Waals surface area contributed by atoms with Crippen LogP contribution in [0.3, 0.4) is 0 Å². The molecule has 0 aliphatic carbocycles. The van der Waals surface area contributed by atoms with E-state index in [0.717, 1.165) is 0 Å². The van der Waals surface area contributed by atoms with Crippen molar-refractivity contribution >= 4 is 23.5 Å². The van der Waals surface area contributed by atoms with Gasteiger partial charge in [0.2, 0.25) is 11.8 Å². The van der Waals surface area contributed by atoms with E-state index in [0.29, 0.717) is 22.7 Å². The summed E-state index contributed by atoms with van der Waals surface area (Å²) in [7, 11) is 3.02. The van der Waals surface area contributed by atoms with Gasteiger partial charge in [-0.1, -0.05) is 30.3 Å². The summed E-state index contributed by atoms with van der Waals surface area (Å²) in [5.74, 6) is -1.50. The number of hydrogen-bond donors (Lipinski definition) is 2. The quantitative estimate of drug-likeness (QED) is 0.739. The van der Waals surface area contributed by atoms with Gasteiger partial charge in [-0.05, 0) is 17.7 Å². The SMILES string of the molecule is COc1ccc(N2CC(C(=O)N[C@@H](C(=O)O)c3ccccc3)CC2=O)cc1OC. The summed E-state index contributed by atoms with van der Waals surface area (Å²) in [6.07, 6.45) is 0.00130. The molecule has 1 aliphatic heterocycles. The number of amides is 2. The maximum Gasteiger partial charge on any atom is 0.330 e. The average Bonchev–Trinajstić information content (AvgIpc) is 3.13. The van der Waals surface area contributed by atoms with Crippen LogP contribution in [0.5, 0.6) is 11.5 Å². The average molecular weight is 398 g/mol. The van der Waals surface area contributed by atoms with E-state index in [-0.39, 0.29) is 18.9 Å². The van der Waals surface area contributed by atoms with E-state index in [9.17, 15) is 19.5 Å². The number of nitrogens with one attached hydrogen (secondary N) is 1. The van der Waals surface area contributed by atoms with Crippen LogP contribution in [0.1, 0.15) is 18.0 Å². The Balaban J connectivity index is 1.74. The van der Waals surface area contributed by atoms with Crippen molar-refractivity contribution < 1.29 is 29.0 Å². The number of benzene rings is 2. The first-order valence-corrected chi connectivity index (χ1v) is 9.05. The van der Waals surface area contributed by atoms with Crippen molar-refractivity contribution in [3.63, 3.8) is 0 Å². The molecule has 1 fully saturated rings. The van der Waals surface area contributed by atoms with Crippen LogP contribution < -0.4 is 19.7 Å². The molecule has 2 amide bonds. The number of carboxylic acids is 1. The van der Waals surface area contributed by atoms with Crippen LogP contribution in [0.15, 0.2) is 48.5 Å². The second kappa shape index (κ2) is 8.64. The highest BCUT2D eigenvalue weighted by molar-refractivity contribution is 6.01. The van der Waals surface area contributed by atoms with Crippen molar-refractivity contribution in [1.82, 2.24) is 5.32 Å². The Bertz CT molecular complexity index is 915. The summed E-state index contributed by atoms with van der Waals surface area (Å²) in [5.41, 5.74) is 1.05. The van der Waals surface area contributed by atoms with Gasteiger partial charge in [0, 0.05) is 24.7 Å². The van der Waals surface area contributed by atoms with Gasteiger partial charge in [0.05, 0.1) is 20.1 Å². The fraction of sp³-hybridized carbons (Fsp3) is 0.286. The molecule has 1 saturated heterocycles. The molecule has 1 aliphatic rings. The molecule has 0 radical (unpaired) electrons. The zero-order valence-corrected chi connectivity index (χ0v) is 16.1. The lowest BCUT2D eigenvalue weighted by molar-refractivity contribution is -0.142. The van der Waals surface area contributed by atoms with Crippen LogP contribution in [0.2, 0.25) is 0 Å². The Kier molecular flexibility index (Phi) is 6.01. The van der Waals surface area contributed by atoms with Crippen molar-refractivity contribution in [2.75, 3.05) is 25.7 Å². The van der Waals surface area contributed by atoms with Crippen molar-refractivity contribution in [3.8, 4) is 11.5 Å². The number of nitrogens with zero attached hydrogens (tertiary/aromatic N) is 1. The lowest BCUT2D eigenvalue weighted by Crippen LogP contribution is -2.38. The number of hydrogen-bond acceptors (Lipinski definition) is 5. The van der Waals surface area contributed by atoms with Crippen molar-refractivity contribution in [2.24, 2.45) is 5.92 Å². The fourth-order valence-electron chi connectivity index (χ4n) is 3.32. The van der Waals surface area contributed by atoms with E-state index in [4.69, 9.17) is 9.47 Å². The lowest BCUT2D eigenvalue weighted by Gasteiger charge is -2.20. The van der Waals surface area contributed by atoms with Crippen molar-refractivity contribution in [3.05, 3.63) is 54.1 Å². The molecule has 0 bridgehead atoms. The number of aliphatic carboxylic acids is 1. The van der Waals surface area contributed by atoms with Gasteiger partial charge in [-0.25, -0.2) is 4.79 Å². The summed E-state index contributed by atoms with van der Waals surface area (Å²) >= 11 is 0. The van der Waals surface area contributed by atoms with Crippen LogP contribution >= 0.6 is 0 Å². The predicted octanol–water partition coefficient (Wildman–Crippen LogP) is 2.00. The summed E-state index contributed by atoms with van der Waals surface area (Å²) in [4.78, 5) is 38.3. The highest BCUT2D eigenvalue weighted by Gasteiger charge is 2.37. The lowest BCUT2D eigenvalue weighted by atomic mass is 10.0. The van der Waals surface area contributed by atoms with Gasteiger partial charge in [0.15, 0.2) is 17.5 Å².